The Labute approximate surface area is 134 Å². The zero-order valence-electron chi connectivity index (χ0n) is 12.9. The fraction of sp³-hybridized carbons (Fsp3) is 1.00. The highest BCUT2D eigenvalue weighted by molar-refractivity contribution is 4.92. The number of hydrogen-bond acceptors (Lipinski definition) is 8. The van der Waals surface area contributed by atoms with Crippen LogP contribution in [0.15, 0.2) is 0 Å². The molecule has 9 atom stereocenters. The molecule has 1 aliphatic carbocycles. The van der Waals surface area contributed by atoms with Crippen molar-refractivity contribution < 1.29 is 39.7 Å². The van der Waals surface area contributed by atoms with Gasteiger partial charge in [0.25, 0.3) is 0 Å². The van der Waals surface area contributed by atoms with E-state index in [-0.39, 0.29) is 24.5 Å². The predicted octanol–water partition coefficient (Wildman–Crippen LogP) is -1.67. The molecule has 2 heterocycles. The summed E-state index contributed by atoms with van der Waals surface area (Å²) in [5.74, 6) is 0.317. The van der Waals surface area contributed by atoms with Gasteiger partial charge in [-0.15, -0.1) is 0 Å². The first-order valence-corrected chi connectivity index (χ1v) is 8.29. The second-order valence-electron chi connectivity index (χ2n) is 6.67. The van der Waals surface area contributed by atoms with E-state index in [0.29, 0.717) is 0 Å². The lowest BCUT2D eigenvalue weighted by Gasteiger charge is -2.41. The normalized spacial score (nSPS) is 50.7. The van der Waals surface area contributed by atoms with Gasteiger partial charge in [0.1, 0.15) is 24.4 Å². The molecule has 2 saturated heterocycles. The number of ether oxygens (including phenoxy) is 3. The number of aliphatic hydroxyl groups is 5. The molecule has 5 N–H and O–H groups in total. The monoisotopic (exact) mass is 334 g/mol. The van der Waals surface area contributed by atoms with Crippen LogP contribution in [0.1, 0.15) is 25.7 Å². The Bertz CT molecular complexity index is 390. The molecule has 0 amide bonds. The van der Waals surface area contributed by atoms with Crippen LogP contribution in [0.4, 0.5) is 0 Å². The van der Waals surface area contributed by atoms with Crippen molar-refractivity contribution in [3.05, 3.63) is 0 Å². The van der Waals surface area contributed by atoms with Crippen molar-refractivity contribution in [1.82, 2.24) is 0 Å². The molecule has 3 fully saturated rings. The van der Waals surface area contributed by atoms with Gasteiger partial charge in [-0.1, -0.05) is 12.8 Å². The van der Waals surface area contributed by atoms with Crippen LogP contribution in [0.5, 0.6) is 0 Å². The van der Waals surface area contributed by atoms with E-state index < -0.39 is 43.6 Å². The lowest BCUT2D eigenvalue weighted by molar-refractivity contribution is -0.339. The highest BCUT2D eigenvalue weighted by Gasteiger charge is 2.50. The molecule has 0 radical (unpaired) electrons. The quantitative estimate of drug-likeness (QED) is 0.413. The van der Waals surface area contributed by atoms with Gasteiger partial charge in [0.15, 0.2) is 12.6 Å². The predicted molar refractivity (Wildman–Crippen MR) is 76.0 cm³/mol. The fourth-order valence-electron chi connectivity index (χ4n) is 3.99. The Kier molecular flexibility index (Phi) is 5.54. The summed E-state index contributed by atoms with van der Waals surface area (Å²) in [5, 5.41) is 48.3. The molecule has 8 nitrogen and oxygen atoms in total. The number of hydrogen-bond donors (Lipinski definition) is 5. The van der Waals surface area contributed by atoms with Crippen LogP contribution in [-0.4, -0.2) is 81.8 Å². The van der Waals surface area contributed by atoms with Crippen LogP contribution in [0.2, 0.25) is 0 Å². The van der Waals surface area contributed by atoms with Crippen LogP contribution in [0.3, 0.4) is 0 Å². The zero-order chi connectivity index (χ0) is 16.6. The maximum atomic E-state index is 10.1. The van der Waals surface area contributed by atoms with Crippen molar-refractivity contribution in [2.45, 2.75) is 68.8 Å². The van der Waals surface area contributed by atoms with Gasteiger partial charge in [-0.2, -0.15) is 0 Å². The first kappa shape index (κ1) is 17.5. The standard InChI is InChI=1S/C15H26O8/c16-5-9-7-3-1-2-4-8(7)14(21-9)23-15-13(20)12(19)11(18)10(6-17)22-15/h7-20H,1-6H2/t7-,8+,9+,10?,11+,12?,13-,14-,15-/m0/s1. The van der Waals surface area contributed by atoms with Gasteiger partial charge in [0.2, 0.25) is 0 Å². The minimum atomic E-state index is -1.47. The minimum absolute atomic E-state index is 0.0876. The molecule has 2 unspecified atom stereocenters. The highest BCUT2D eigenvalue weighted by atomic mass is 16.8. The molecule has 0 bridgehead atoms. The maximum absolute atomic E-state index is 10.1. The molecule has 23 heavy (non-hydrogen) atoms. The summed E-state index contributed by atoms with van der Waals surface area (Å²) in [6, 6.07) is 0. The largest absolute Gasteiger partial charge is 0.394 e. The number of fused-ring (bicyclic) bond motifs is 1. The van der Waals surface area contributed by atoms with Crippen molar-refractivity contribution in [2.75, 3.05) is 13.2 Å². The van der Waals surface area contributed by atoms with Crippen LogP contribution < -0.4 is 0 Å². The summed E-state index contributed by atoms with van der Waals surface area (Å²) in [5.41, 5.74) is 0. The molecule has 0 aromatic heterocycles. The Morgan fingerprint density at radius 2 is 1.35 bits per heavy atom. The van der Waals surface area contributed by atoms with Gasteiger partial charge in [0.05, 0.1) is 19.3 Å². The second kappa shape index (κ2) is 7.28. The summed E-state index contributed by atoms with van der Waals surface area (Å²) >= 11 is 0. The van der Waals surface area contributed by atoms with E-state index in [9.17, 15) is 25.5 Å². The van der Waals surface area contributed by atoms with Crippen LogP contribution in [0, 0.1) is 11.8 Å². The lowest BCUT2D eigenvalue weighted by Crippen LogP contribution is -2.60. The molecule has 0 spiro atoms. The third-order valence-corrected chi connectivity index (χ3v) is 5.31. The number of aliphatic hydroxyl groups excluding tert-OH is 5. The molecular formula is C15H26O8. The fourth-order valence-corrected chi connectivity index (χ4v) is 3.99. The van der Waals surface area contributed by atoms with E-state index in [1.165, 1.54) is 0 Å². The maximum Gasteiger partial charge on any atom is 0.189 e. The molecule has 0 aromatic carbocycles. The van der Waals surface area contributed by atoms with Crippen LogP contribution >= 0.6 is 0 Å². The summed E-state index contributed by atoms with van der Waals surface area (Å²) in [6.45, 7) is -0.586. The van der Waals surface area contributed by atoms with E-state index in [1.54, 1.807) is 0 Å². The van der Waals surface area contributed by atoms with Crippen molar-refractivity contribution in [3.8, 4) is 0 Å². The summed E-state index contributed by atoms with van der Waals surface area (Å²) in [7, 11) is 0. The van der Waals surface area contributed by atoms with Crippen molar-refractivity contribution >= 4 is 0 Å². The van der Waals surface area contributed by atoms with E-state index in [4.69, 9.17) is 14.2 Å². The average Bonchev–Trinajstić information content (AvgIpc) is 2.93. The van der Waals surface area contributed by atoms with Gasteiger partial charge in [-0.3, -0.25) is 0 Å². The SMILES string of the molecule is OCC1O[C@@H](O[C@@H]2O[C@H](CO)[C@H]3CCCC[C@@H]23)[C@@H](O)C(O)[C@@H]1O. The third-order valence-electron chi connectivity index (χ3n) is 5.31. The van der Waals surface area contributed by atoms with Crippen molar-refractivity contribution in [2.24, 2.45) is 11.8 Å². The number of rotatable bonds is 4. The molecule has 3 aliphatic rings. The van der Waals surface area contributed by atoms with Crippen molar-refractivity contribution in [1.29, 1.82) is 0 Å². The Morgan fingerprint density at radius 1 is 0.739 bits per heavy atom. The summed E-state index contributed by atoms with van der Waals surface area (Å²) < 4.78 is 16.9. The smallest absolute Gasteiger partial charge is 0.189 e. The summed E-state index contributed by atoms with van der Waals surface area (Å²) in [4.78, 5) is 0. The Balaban J connectivity index is 1.68. The molecule has 1 saturated carbocycles. The lowest BCUT2D eigenvalue weighted by atomic mass is 9.78. The van der Waals surface area contributed by atoms with Gasteiger partial charge in [-0.25, -0.2) is 0 Å². The average molecular weight is 334 g/mol. The molecule has 8 heteroatoms. The van der Waals surface area contributed by atoms with E-state index in [2.05, 4.69) is 0 Å². The molecule has 3 rings (SSSR count). The van der Waals surface area contributed by atoms with E-state index in [0.717, 1.165) is 25.7 Å². The van der Waals surface area contributed by atoms with Gasteiger partial charge in [-0.05, 0) is 18.8 Å². The molecule has 134 valence electrons. The minimum Gasteiger partial charge on any atom is -0.394 e. The van der Waals surface area contributed by atoms with Crippen molar-refractivity contribution in [3.63, 3.8) is 0 Å². The molecule has 0 aromatic rings. The Hall–Kier alpha value is -0.320. The van der Waals surface area contributed by atoms with E-state index in [1.807, 2.05) is 0 Å². The second-order valence-corrected chi connectivity index (χ2v) is 6.67. The first-order valence-electron chi connectivity index (χ1n) is 8.29. The zero-order valence-corrected chi connectivity index (χ0v) is 12.9. The third kappa shape index (κ3) is 3.27. The topological polar surface area (TPSA) is 129 Å². The van der Waals surface area contributed by atoms with Crippen LogP contribution in [0.25, 0.3) is 0 Å². The van der Waals surface area contributed by atoms with E-state index >= 15 is 0 Å². The molecule has 2 aliphatic heterocycles. The van der Waals surface area contributed by atoms with Gasteiger partial charge in [0, 0.05) is 5.92 Å². The highest BCUT2D eigenvalue weighted by Crippen LogP contribution is 2.43. The van der Waals surface area contributed by atoms with Gasteiger partial charge < -0.3 is 39.7 Å². The van der Waals surface area contributed by atoms with Gasteiger partial charge >= 0.3 is 0 Å². The van der Waals surface area contributed by atoms with Crippen LogP contribution in [-0.2, 0) is 14.2 Å². The molecular weight excluding hydrogens is 308 g/mol. The summed E-state index contributed by atoms with van der Waals surface area (Å²) in [6.07, 6.45) is -3.44. The Morgan fingerprint density at radius 3 is 2.00 bits per heavy atom. The first-order chi connectivity index (χ1) is 11.1.